The first kappa shape index (κ1) is 27.0. The number of nitrogens with zero attached hydrogens (tertiary/aromatic N) is 4. The monoisotopic (exact) mass is 616 g/mol. The summed E-state index contributed by atoms with van der Waals surface area (Å²) in [7, 11) is 0. The van der Waals surface area contributed by atoms with Crippen LogP contribution in [0.5, 0.6) is 5.75 Å². The minimum absolute atomic E-state index is 0.0144. The van der Waals surface area contributed by atoms with E-state index in [1.54, 1.807) is 18.5 Å². The van der Waals surface area contributed by atoms with Gasteiger partial charge in [0.25, 0.3) is 0 Å². The summed E-state index contributed by atoms with van der Waals surface area (Å²) in [6, 6.07) is 7.63. The number of fused-ring (bicyclic) bond motifs is 1. The molecule has 0 bridgehead atoms. The highest BCUT2D eigenvalue weighted by molar-refractivity contribution is 6.39. The number of carboxylic acid groups (broad SMARTS) is 1. The standard InChI is InChI=1S/C33H30Cl2N4O4/c34-24-14-36-15-25(35)29(24)30-22(31(43-38-30)19-5-6-19)8-4-18-12-33(13-18)16-39(17-33)20-7-9-26-23(10-20)28(42-21-2-1-3-21)11-27(37-26)32(40)41/h4,7-11,14-15,18-19,21H,1-3,5-6,12-13,16-17H2,(H,40,41)/b8-4+. The molecule has 1 saturated heterocycles. The van der Waals surface area contributed by atoms with E-state index in [4.69, 9.17) is 32.5 Å². The average molecular weight is 618 g/mol. The molecule has 8 rings (SSSR count). The van der Waals surface area contributed by atoms with Crippen molar-refractivity contribution in [1.29, 1.82) is 0 Å². The van der Waals surface area contributed by atoms with Crippen LogP contribution < -0.4 is 9.64 Å². The largest absolute Gasteiger partial charge is 0.490 e. The molecule has 4 heterocycles. The van der Waals surface area contributed by atoms with E-state index < -0.39 is 5.97 Å². The number of aromatic carboxylic acids is 1. The third-order valence-corrected chi connectivity index (χ3v) is 10.0. The van der Waals surface area contributed by atoms with E-state index in [9.17, 15) is 9.90 Å². The summed E-state index contributed by atoms with van der Waals surface area (Å²) in [5.41, 5.74) is 4.42. The van der Waals surface area contributed by atoms with Crippen molar-refractivity contribution in [2.75, 3.05) is 18.0 Å². The third-order valence-electron chi connectivity index (χ3n) is 9.46. The Morgan fingerprint density at radius 3 is 2.53 bits per heavy atom. The van der Waals surface area contributed by atoms with Gasteiger partial charge < -0.3 is 19.3 Å². The van der Waals surface area contributed by atoms with Gasteiger partial charge in [0, 0.05) is 65.1 Å². The highest BCUT2D eigenvalue weighted by atomic mass is 35.5. The Bertz CT molecular complexity index is 1760. The predicted octanol–water partition coefficient (Wildman–Crippen LogP) is 8.03. The summed E-state index contributed by atoms with van der Waals surface area (Å²) in [4.78, 5) is 22.5. The minimum atomic E-state index is -1.04. The van der Waals surface area contributed by atoms with Crippen LogP contribution in [0, 0.1) is 11.3 Å². The Kier molecular flexibility index (Phi) is 6.42. The van der Waals surface area contributed by atoms with Gasteiger partial charge in [0.05, 0.1) is 21.7 Å². The van der Waals surface area contributed by atoms with E-state index >= 15 is 0 Å². The lowest BCUT2D eigenvalue weighted by Crippen LogP contribution is -2.62. The molecule has 0 unspecified atom stereocenters. The zero-order chi connectivity index (χ0) is 29.3. The molecule has 1 aliphatic heterocycles. The molecule has 1 aromatic carbocycles. The average Bonchev–Trinajstić information content (AvgIpc) is 3.68. The van der Waals surface area contributed by atoms with Crippen LogP contribution >= 0.6 is 23.2 Å². The lowest BCUT2D eigenvalue weighted by atomic mass is 9.57. The maximum absolute atomic E-state index is 11.7. The van der Waals surface area contributed by atoms with Crippen molar-refractivity contribution in [3.05, 3.63) is 69.8 Å². The number of rotatable bonds is 8. The first-order valence-electron chi connectivity index (χ1n) is 14.9. The molecule has 1 N–H and O–H groups in total. The van der Waals surface area contributed by atoms with Gasteiger partial charge in [-0.3, -0.25) is 4.98 Å². The number of ether oxygens (including phenoxy) is 1. The van der Waals surface area contributed by atoms with E-state index in [0.717, 1.165) is 80.4 Å². The molecule has 1 spiro atoms. The molecule has 43 heavy (non-hydrogen) atoms. The molecule has 3 saturated carbocycles. The summed E-state index contributed by atoms with van der Waals surface area (Å²) < 4.78 is 12.0. The molecule has 4 aliphatic rings. The van der Waals surface area contributed by atoms with Gasteiger partial charge in [0.15, 0.2) is 5.69 Å². The van der Waals surface area contributed by atoms with Crippen molar-refractivity contribution in [2.45, 2.75) is 57.0 Å². The van der Waals surface area contributed by atoms with Gasteiger partial charge in [0.1, 0.15) is 17.2 Å². The van der Waals surface area contributed by atoms with Crippen LogP contribution in [-0.2, 0) is 0 Å². The Hall–Kier alpha value is -3.62. The molecular formula is C33H30Cl2N4O4. The maximum Gasteiger partial charge on any atom is 0.354 e. The fourth-order valence-electron chi connectivity index (χ4n) is 6.81. The fraction of sp³-hybridized carbons (Fsp3) is 0.394. The van der Waals surface area contributed by atoms with Crippen LogP contribution in [0.3, 0.4) is 0 Å². The number of carbonyl (C=O) groups is 1. The number of halogens is 2. The van der Waals surface area contributed by atoms with E-state index in [0.29, 0.717) is 49.8 Å². The Morgan fingerprint density at radius 2 is 1.86 bits per heavy atom. The van der Waals surface area contributed by atoms with Gasteiger partial charge in [-0.15, -0.1) is 0 Å². The summed E-state index contributed by atoms with van der Waals surface area (Å²) in [5.74, 6) is 1.38. The Labute approximate surface area is 258 Å². The van der Waals surface area contributed by atoms with Crippen LogP contribution in [-0.4, -0.2) is 45.4 Å². The minimum Gasteiger partial charge on any atom is -0.490 e. The number of benzene rings is 1. The molecule has 3 aliphatic carbocycles. The molecule has 0 amide bonds. The predicted molar refractivity (Wildman–Crippen MR) is 165 cm³/mol. The zero-order valence-electron chi connectivity index (χ0n) is 23.4. The number of aromatic nitrogens is 3. The van der Waals surface area contributed by atoms with Crippen LogP contribution in [0.1, 0.15) is 72.7 Å². The molecule has 10 heteroatoms. The van der Waals surface area contributed by atoms with Gasteiger partial charge in [0.2, 0.25) is 0 Å². The molecule has 4 aromatic rings. The number of carboxylic acids is 1. The second-order valence-electron chi connectivity index (χ2n) is 12.6. The zero-order valence-corrected chi connectivity index (χ0v) is 24.9. The van der Waals surface area contributed by atoms with E-state index in [-0.39, 0.29) is 11.8 Å². The van der Waals surface area contributed by atoms with Gasteiger partial charge >= 0.3 is 5.97 Å². The van der Waals surface area contributed by atoms with Crippen molar-refractivity contribution in [3.63, 3.8) is 0 Å². The quantitative estimate of drug-likeness (QED) is 0.212. The Morgan fingerprint density at radius 1 is 1.09 bits per heavy atom. The molecule has 220 valence electrons. The van der Waals surface area contributed by atoms with Crippen molar-refractivity contribution < 1.29 is 19.2 Å². The van der Waals surface area contributed by atoms with Crippen molar-refractivity contribution >= 4 is 51.8 Å². The fourth-order valence-corrected chi connectivity index (χ4v) is 7.35. The maximum atomic E-state index is 11.7. The second-order valence-corrected chi connectivity index (χ2v) is 13.4. The molecule has 8 nitrogen and oxygen atoms in total. The second kappa shape index (κ2) is 10.2. The van der Waals surface area contributed by atoms with Crippen LogP contribution in [0.15, 0.2) is 47.3 Å². The third kappa shape index (κ3) is 4.85. The molecular weight excluding hydrogens is 587 g/mol. The van der Waals surface area contributed by atoms with Gasteiger partial charge in [-0.05, 0) is 69.1 Å². The summed E-state index contributed by atoms with van der Waals surface area (Å²) in [5, 5.41) is 15.7. The summed E-state index contributed by atoms with van der Waals surface area (Å²) >= 11 is 12.9. The molecule has 0 radical (unpaired) electrons. The van der Waals surface area contributed by atoms with Crippen LogP contribution in [0.4, 0.5) is 5.69 Å². The van der Waals surface area contributed by atoms with Crippen LogP contribution in [0.2, 0.25) is 10.0 Å². The SMILES string of the molecule is O=C(O)c1cc(OC2CCC2)c2cc(N3CC4(CC(/C=C/c5c(-c6c(Cl)cncc6Cl)noc5C5CC5)C4)C3)ccc2n1. The molecule has 4 fully saturated rings. The first-order chi connectivity index (χ1) is 20.9. The van der Waals surface area contributed by atoms with E-state index in [2.05, 4.69) is 38.2 Å². The van der Waals surface area contributed by atoms with E-state index in [1.165, 1.54) is 0 Å². The van der Waals surface area contributed by atoms with Crippen molar-refractivity contribution in [3.8, 4) is 17.0 Å². The highest BCUT2D eigenvalue weighted by Gasteiger charge is 2.51. The molecule has 0 atom stereocenters. The topological polar surface area (TPSA) is 102 Å². The van der Waals surface area contributed by atoms with Crippen molar-refractivity contribution in [2.24, 2.45) is 11.3 Å². The van der Waals surface area contributed by atoms with E-state index in [1.807, 2.05) is 12.1 Å². The number of allylic oxidation sites excluding steroid dienone is 1. The highest BCUT2D eigenvalue weighted by Crippen LogP contribution is 2.54. The Balaban J connectivity index is 0.971. The summed E-state index contributed by atoms with van der Waals surface area (Å²) in [6.07, 6.45) is 15.4. The normalized spacial score (nSPS) is 19.9. The number of anilines is 1. The molecule has 3 aromatic heterocycles. The summed E-state index contributed by atoms with van der Waals surface area (Å²) in [6.45, 7) is 1.99. The number of pyridine rings is 2. The lowest BCUT2D eigenvalue weighted by Gasteiger charge is -2.59. The number of hydrogen-bond donors (Lipinski definition) is 1. The smallest absolute Gasteiger partial charge is 0.354 e. The van der Waals surface area contributed by atoms with Gasteiger partial charge in [-0.2, -0.15) is 0 Å². The van der Waals surface area contributed by atoms with Crippen LogP contribution in [0.25, 0.3) is 28.2 Å². The first-order valence-corrected chi connectivity index (χ1v) is 15.7. The van der Waals surface area contributed by atoms with Crippen molar-refractivity contribution in [1.82, 2.24) is 15.1 Å². The van der Waals surface area contributed by atoms with Gasteiger partial charge in [-0.25, -0.2) is 9.78 Å². The lowest BCUT2D eigenvalue weighted by molar-refractivity contribution is 0.0486. The number of hydrogen-bond acceptors (Lipinski definition) is 7. The van der Waals surface area contributed by atoms with Gasteiger partial charge in [-0.1, -0.05) is 40.5 Å².